The third-order valence-corrected chi connectivity index (χ3v) is 9.56. The minimum atomic E-state index is 0.666. The molecule has 37 heavy (non-hydrogen) atoms. The van der Waals surface area contributed by atoms with Gasteiger partial charge in [-0.05, 0) is 110 Å². The van der Waals surface area contributed by atoms with Crippen LogP contribution >= 0.6 is 0 Å². The average molecular weight is 505 g/mol. The zero-order chi connectivity index (χ0) is 26.0. The smallest absolute Gasteiger partial charge is 0.126 e. The van der Waals surface area contributed by atoms with Crippen LogP contribution < -0.4 is 9.47 Å². The minimum Gasteiger partial charge on any atom is -0.496 e. The summed E-state index contributed by atoms with van der Waals surface area (Å²) in [5.41, 5.74) is 5.34. The van der Waals surface area contributed by atoms with Crippen LogP contribution in [0.1, 0.15) is 133 Å². The summed E-state index contributed by atoms with van der Waals surface area (Å²) >= 11 is 0. The van der Waals surface area contributed by atoms with E-state index in [4.69, 9.17) is 9.47 Å². The van der Waals surface area contributed by atoms with Crippen molar-refractivity contribution in [1.29, 1.82) is 0 Å². The Morgan fingerprint density at radius 2 is 1.00 bits per heavy atom. The summed E-state index contributed by atoms with van der Waals surface area (Å²) in [6.07, 6.45) is 20.5. The Kier molecular flexibility index (Phi) is 10.8. The molecule has 0 spiro atoms. The van der Waals surface area contributed by atoms with Gasteiger partial charge in [0.2, 0.25) is 0 Å². The summed E-state index contributed by atoms with van der Waals surface area (Å²) < 4.78 is 11.8. The van der Waals surface area contributed by atoms with Gasteiger partial charge in [0.1, 0.15) is 11.5 Å². The van der Waals surface area contributed by atoms with E-state index in [1.165, 1.54) is 119 Å². The Bertz CT molecular complexity index is 948. The lowest BCUT2D eigenvalue weighted by molar-refractivity contribution is 0.302. The number of unbranched alkanes of at least 4 members (excludes halogenated alkanes) is 3. The summed E-state index contributed by atoms with van der Waals surface area (Å²) in [4.78, 5) is 0. The molecular weight excluding hydrogens is 452 g/mol. The minimum absolute atomic E-state index is 0.666. The van der Waals surface area contributed by atoms with E-state index >= 15 is 0 Å². The molecule has 0 saturated heterocycles. The number of benzene rings is 2. The fourth-order valence-electron chi connectivity index (χ4n) is 7.12. The summed E-state index contributed by atoms with van der Waals surface area (Å²) in [5, 5.41) is 0. The van der Waals surface area contributed by atoms with Gasteiger partial charge in [-0.25, -0.2) is 0 Å². The van der Waals surface area contributed by atoms with Crippen LogP contribution in [0.4, 0.5) is 0 Å². The topological polar surface area (TPSA) is 18.5 Å². The normalized spacial score (nSPS) is 24.1. The van der Waals surface area contributed by atoms with E-state index in [1.807, 2.05) is 0 Å². The molecule has 0 amide bonds. The maximum atomic E-state index is 5.89. The fraction of sp³-hybridized carbons (Fsp3) is 0.657. The molecule has 0 N–H and O–H groups in total. The zero-order valence-corrected chi connectivity index (χ0v) is 24.2. The standard InChI is InChI=1S/C35H52O2/c1-5-7-9-11-27-14-18-29(19-15-27)31-21-23-35(37-4)33(25-31)32-24-30(20-22-34(32)36-3)28-16-12-26(13-17-28)10-8-6-2/h20-29H,5-19H2,1-4H3. The Labute approximate surface area is 227 Å². The van der Waals surface area contributed by atoms with Gasteiger partial charge in [-0.3, -0.25) is 0 Å². The number of hydrogen-bond donors (Lipinski definition) is 0. The lowest BCUT2D eigenvalue weighted by atomic mass is 9.76. The number of ether oxygens (including phenoxy) is 2. The second kappa shape index (κ2) is 14.3. The van der Waals surface area contributed by atoms with Crippen LogP contribution in [0.15, 0.2) is 36.4 Å². The molecule has 0 atom stereocenters. The molecule has 0 aliphatic heterocycles. The van der Waals surface area contributed by atoms with Gasteiger partial charge in [-0.1, -0.05) is 70.9 Å². The highest BCUT2D eigenvalue weighted by Gasteiger charge is 2.25. The van der Waals surface area contributed by atoms with Crippen LogP contribution in [-0.4, -0.2) is 14.2 Å². The number of rotatable bonds is 12. The summed E-state index contributed by atoms with van der Waals surface area (Å²) in [7, 11) is 3.60. The van der Waals surface area contributed by atoms with Gasteiger partial charge in [0.05, 0.1) is 14.2 Å². The van der Waals surface area contributed by atoms with E-state index in [0.717, 1.165) is 23.3 Å². The van der Waals surface area contributed by atoms with Crippen LogP contribution in [0.5, 0.6) is 11.5 Å². The van der Waals surface area contributed by atoms with Crippen LogP contribution in [0.2, 0.25) is 0 Å². The quantitative estimate of drug-likeness (QED) is 0.268. The molecule has 4 rings (SSSR count). The van der Waals surface area contributed by atoms with Gasteiger partial charge in [-0.15, -0.1) is 0 Å². The Balaban J connectivity index is 1.52. The number of methoxy groups -OCH3 is 2. The predicted molar refractivity (Wildman–Crippen MR) is 158 cm³/mol. The molecule has 0 unspecified atom stereocenters. The van der Waals surface area contributed by atoms with Crippen LogP contribution in [-0.2, 0) is 0 Å². The molecular formula is C35H52O2. The van der Waals surface area contributed by atoms with Crippen LogP contribution in [0.3, 0.4) is 0 Å². The third kappa shape index (κ3) is 7.33. The van der Waals surface area contributed by atoms with Gasteiger partial charge in [-0.2, -0.15) is 0 Å². The monoisotopic (exact) mass is 504 g/mol. The first-order valence-corrected chi connectivity index (χ1v) is 15.5. The molecule has 2 aliphatic carbocycles. The van der Waals surface area contributed by atoms with Crippen LogP contribution in [0, 0.1) is 11.8 Å². The van der Waals surface area contributed by atoms with Crippen molar-refractivity contribution in [3.05, 3.63) is 47.5 Å². The van der Waals surface area contributed by atoms with Crippen molar-refractivity contribution in [3.8, 4) is 22.6 Å². The van der Waals surface area contributed by atoms with Crippen molar-refractivity contribution in [2.24, 2.45) is 11.8 Å². The van der Waals surface area contributed by atoms with Crippen molar-refractivity contribution in [3.63, 3.8) is 0 Å². The van der Waals surface area contributed by atoms with Gasteiger partial charge >= 0.3 is 0 Å². The largest absolute Gasteiger partial charge is 0.496 e. The first-order chi connectivity index (χ1) is 18.2. The molecule has 204 valence electrons. The third-order valence-electron chi connectivity index (χ3n) is 9.56. The maximum Gasteiger partial charge on any atom is 0.126 e. The molecule has 2 aromatic carbocycles. The highest BCUT2D eigenvalue weighted by atomic mass is 16.5. The van der Waals surface area contributed by atoms with Gasteiger partial charge < -0.3 is 9.47 Å². The molecule has 2 fully saturated rings. The fourth-order valence-corrected chi connectivity index (χ4v) is 7.12. The van der Waals surface area contributed by atoms with E-state index in [2.05, 4.69) is 50.2 Å². The van der Waals surface area contributed by atoms with Gasteiger partial charge in [0.25, 0.3) is 0 Å². The highest BCUT2D eigenvalue weighted by Crippen LogP contribution is 2.45. The summed E-state index contributed by atoms with van der Waals surface area (Å²) in [6.45, 7) is 4.62. The predicted octanol–water partition coefficient (Wildman–Crippen LogP) is 10.7. The zero-order valence-electron chi connectivity index (χ0n) is 24.2. The van der Waals surface area contributed by atoms with Crippen molar-refractivity contribution in [2.45, 2.75) is 122 Å². The number of hydrogen-bond acceptors (Lipinski definition) is 2. The van der Waals surface area contributed by atoms with E-state index in [-0.39, 0.29) is 0 Å². The molecule has 0 aromatic heterocycles. The first-order valence-electron chi connectivity index (χ1n) is 15.5. The Hall–Kier alpha value is -1.96. The molecule has 2 heteroatoms. The molecule has 2 nitrogen and oxygen atoms in total. The second-order valence-corrected chi connectivity index (χ2v) is 12.0. The van der Waals surface area contributed by atoms with Crippen molar-refractivity contribution < 1.29 is 9.47 Å². The van der Waals surface area contributed by atoms with Crippen LogP contribution in [0.25, 0.3) is 11.1 Å². The molecule has 0 radical (unpaired) electrons. The summed E-state index contributed by atoms with van der Waals surface area (Å²) in [5.74, 6) is 5.12. The van der Waals surface area contributed by atoms with Gasteiger partial charge in [0, 0.05) is 11.1 Å². The highest BCUT2D eigenvalue weighted by molar-refractivity contribution is 5.77. The second-order valence-electron chi connectivity index (χ2n) is 12.0. The lowest BCUT2D eigenvalue weighted by Gasteiger charge is -2.30. The van der Waals surface area contributed by atoms with Crippen molar-refractivity contribution in [1.82, 2.24) is 0 Å². The Morgan fingerprint density at radius 1 is 0.568 bits per heavy atom. The average Bonchev–Trinajstić information content (AvgIpc) is 2.96. The first kappa shape index (κ1) is 28.1. The van der Waals surface area contributed by atoms with E-state index in [1.54, 1.807) is 14.2 Å². The summed E-state index contributed by atoms with van der Waals surface area (Å²) in [6, 6.07) is 13.9. The van der Waals surface area contributed by atoms with Crippen molar-refractivity contribution >= 4 is 0 Å². The Morgan fingerprint density at radius 3 is 1.41 bits per heavy atom. The molecule has 2 saturated carbocycles. The molecule has 0 bridgehead atoms. The maximum absolute atomic E-state index is 5.89. The van der Waals surface area contributed by atoms with E-state index < -0.39 is 0 Å². The molecule has 2 aliphatic rings. The lowest BCUT2D eigenvalue weighted by Crippen LogP contribution is -2.14. The molecule has 0 heterocycles. The van der Waals surface area contributed by atoms with Crippen molar-refractivity contribution in [2.75, 3.05) is 14.2 Å². The van der Waals surface area contributed by atoms with E-state index in [9.17, 15) is 0 Å². The van der Waals surface area contributed by atoms with E-state index in [0.29, 0.717) is 11.8 Å². The SMILES string of the molecule is CCCCCC1CCC(c2ccc(OC)c(-c3cc(C4CCC(CCCC)CC4)ccc3OC)c2)CC1. The molecule has 2 aromatic rings. The van der Waals surface area contributed by atoms with Gasteiger partial charge in [0.15, 0.2) is 0 Å².